The van der Waals surface area contributed by atoms with E-state index in [0.29, 0.717) is 5.69 Å². The van der Waals surface area contributed by atoms with Crippen LogP contribution in [0.25, 0.3) is 11.3 Å². The fourth-order valence-electron chi connectivity index (χ4n) is 1.82. The molecule has 0 aliphatic rings. The molecule has 1 aromatic carbocycles. The molecule has 0 atom stereocenters. The van der Waals surface area contributed by atoms with E-state index in [1.54, 1.807) is 6.07 Å². The molecule has 0 aliphatic carbocycles. The topological polar surface area (TPSA) is 19.4 Å². The summed E-state index contributed by atoms with van der Waals surface area (Å²) >= 11 is 0. The largest absolute Gasteiger partial charge is 0.377 e. The number of hydrogen-bond acceptors (Lipinski definition) is 3. The van der Waals surface area contributed by atoms with Gasteiger partial charge < -0.3 is 9.80 Å². The molecule has 20 heavy (non-hydrogen) atoms. The van der Waals surface area contributed by atoms with Crippen LogP contribution in [0.2, 0.25) is 0 Å². The second-order valence-electron chi connectivity index (χ2n) is 4.98. The maximum Gasteiger partial charge on any atom is 0.135 e. The lowest BCUT2D eigenvalue weighted by Crippen LogP contribution is -2.14. The van der Waals surface area contributed by atoms with Crippen molar-refractivity contribution in [1.82, 2.24) is 4.98 Å². The Bertz CT molecular complexity index is 598. The van der Waals surface area contributed by atoms with Crippen LogP contribution < -0.4 is 9.80 Å². The average molecular weight is 277 g/mol. The van der Waals surface area contributed by atoms with Crippen molar-refractivity contribution in [2.24, 2.45) is 0 Å². The van der Waals surface area contributed by atoms with Crippen LogP contribution in [0.15, 0.2) is 30.3 Å². The highest BCUT2D eigenvalue weighted by atomic mass is 19.1. The van der Waals surface area contributed by atoms with Crippen molar-refractivity contribution >= 4 is 11.5 Å². The highest BCUT2D eigenvalue weighted by Gasteiger charge is 2.12. The number of anilines is 2. The number of nitrogens with zero attached hydrogens (tertiary/aromatic N) is 3. The molecule has 0 amide bonds. The molecule has 0 spiro atoms. The van der Waals surface area contributed by atoms with Gasteiger partial charge in [0.15, 0.2) is 0 Å². The molecule has 0 bridgehead atoms. The van der Waals surface area contributed by atoms with Gasteiger partial charge in [0.25, 0.3) is 0 Å². The molecule has 2 aromatic rings. The fourth-order valence-corrected chi connectivity index (χ4v) is 1.82. The molecule has 0 unspecified atom stereocenters. The van der Waals surface area contributed by atoms with Crippen molar-refractivity contribution in [2.45, 2.75) is 0 Å². The standard InChI is InChI=1S/C15H17F2N3/c1-19(2)11-8-14(18-15(9-11)20(3)4)12-6-5-10(16)7-13(12)17/h5-9H,1-4H3. The van der Waals surface area contributed by atoms with Crippen molar-refractivity contribution in [1.29, 1.82) is 0 Å². The van der Waals surface area contributed by atoms with E-state index in [1.807, 2.05) is 44.1 Å². The van der Waals surface area contributed by atoms with E-state index < -0.39 is 11.6 Å². The molecule has 0 saturated heterocycles. The molecule has 0 aliphatic heterocycles. The lowest BCUT2D eigenvalue weighted by molar-refractivity contribution is 0.585. The van der Waals surface area contributed by atoms with Crippen LogP contribution in [-0.2, 0) is 0 Å². The normalized spacial score (nSPS) is 10.5. The first-order valence-electron chi connectivity index (χ1n) is 6.20. The Kier molecular flexibility index (Phi) is 3.88. The highest BCUT2D eigenvalue weighted by Crippen LogP contribution is 2.28. The van der Waals surface area contributed by atoms with E-state index in [4.69, 9.17) is 0 Å². The highest BCUT2D eigenvalue weighted by molar-refractivity contribution is 5.69. The summed E-state index contributed by atoms with van der Waals surface area (Å²) in [4.78, 5) is 8.17. The molecule has 0 radical (unpaired) electrons. The third kappa shape index (κ3) is 2.87. The molecule has 3 nitrogen and oxygen atoms in total. The van der Waals surface area contributed by atoms with Gasteiger partial charge >= 0.3 is 0 Å². The average Bonchev–Trinajstić information content (AvgIpc) is 2.38. The Labute approximate surface area is 117 Å². The van der Waals surface area contributed by atoms with E-state index >= 15 is 0 Å². The Morgan fingerprint density at radius 2 is 1.60 bits per heavy atom. The zero-order chi connectivity index (χ0) is 14.9. The minimum atomic E-state index is -0.613. The first kappa shape index (κ1) is 14.2. The predicted octanol–water partition coefficient (Wildman–Crippen LogP) is 3.16. The molecule has 5 heteroatoms. The number of hydrogen-bond donors (Lipinski definition) is 0. The number of benzene rings is 1. The zero-order valence-corrected chi connectivity index (χ0v) is 12.0. The van der Waals surface area contributed by atoms with Crippen molar-refractivity contribution < 1.29 is 8.78 Å². The molecule has 0 saturated carbocycles. The van der Waals surface area contributed by atoms with Crippen LogP contribution in [0.4, 0.5) is 20.3 Å². The number of pyridine rings is 1. The minimum Gasteiger partial charge on any atom is -0.377 e. The van der Waals surface area contributed by atoms with Crippen LogP contribution in [0.5, 0.6) is 0 Å². The quantitative estimate of drug-likeness (QED) is 0.859. The van der Waals surface area contributed by atoms with Crippen LogP contribution in [0.1, 0.15) is 0 Å². The third-order valence-corrected chi connectivity index (χ3v) is 2.98. The molecule has 0 fully saturated rings. The number of aromatic nitrogens is 1. The van der Waals surface area contributed by atoms with Gasteiger partial charge in [-0.05, 0) is 18.2 Å². The van der Waals surface area contributed by atoms with Crippen LogP contribution in [0, 0.1) is 11.6 Å². The maximum absolute atomic E-state index is 13.9. The Balaban J connectivity index is 2.60. The van der Waals surface area contributed by atoms with Crippen molar-refractivity contribution in [3.8, 4) is 11.3 Å². The molecular formula is C15H17F2N3. The fraction of sp³-hybridized carbons (Fsp3) is 0.267. The van der Waals surface area contributed by atoms with Crippen molar-refractivity contribution in [2.75, 3.05) is 38.0 Å². The van der Waals surface area contributed by atoms with Gasteiger partial charge in [0.05, 0.1) is 5.69 Å². The third-order valence-electron chi connectivity index (χ3n) is 2.98. The summed E-state index contributed by atoms with van der Waals surface area (Å²) in [5, 5.41) is 0. The van der Waals surface area contributed by atoms with E-state index in [1.165, 1.54) is 12.1 Å². The van der Waals surface area contributed by atoms with Crippen LogP contribution in [0.3, 0.4) is 0 Å². The van der Waals surface area contributed by atoms with Gasteiger partial charge in [0.1, 0.15) is 17.5 Å². The maximum atomic E-state index is 13.9. The SMILES string of the molecule is CN(C)c1cc(-c2ccc(F)cc2F)nc(N(C)C)c1. The summed E-state index contributed by atoms with van der Waals surface area (Å²) in [5.74, 6) is -0.490. The van der Waals surface area contributed by atoms with Gasteiger partial charge in [-0.25, -0.2) is 13.8 Å². The van der Waals surface area contributed by atoms with Gasteiger partial charge in [0, 0.05) is 51.6 Å². The number of halogens is 2. The monoisotopic (exact) mass is 277 g/mol. The zero-order valence-electron chi connectivity index (χ0n) is 12.0. The smallest absolute Gasteiger partial charge is 0.135 e. The van der Waals surface area contributed by atoms with E-state index in [0.717, 1.165) is 17.6 Å². The Morgan fingerprint density at radius 1 is 0.900 bits per heavy atom. The summed E-state index contributed by atoms with van der Waals surface area (Å²) in [6.45, 7) is 0. The molecule has 106 valence electrons. The molecule has 2 rings (SSSR count). The lowest BCUT2D eigenvalue weighted by Gasteiger charge is -2.19. The van der Waals surface area contributed by atoms with Gasteiger partial charge in [-0.15, -0.1) is 0 Å². The second kappa shape index (κ2) is 5.45. The first-order valence-corrected chi connectivity index (χ1v) is 6.20. The van der Waals surface area contributed by atoms with Crippen LogP contribution in [-0.4, -0.2) is 33.2 Å². The van der Waals surface area contributed by atoms with Gasteiger partial charge in [0.2, 0.25) is 0 Å². The summed E-state index contributed by atoms with van der Waals surface area (Å²) in [7, 11) is 7.54. The van der Waals surface area contributed by atoms with Gasteiger partial charge in [-0.2, -0.15) is 0 Å². The summed E-state index contributed by atoms with van der Waals surface area (Å²) in [5.41, 5.74) is 1.68. The molecule has 1 heterocycles. The van der Waals surface area contributed by atoms with E-state index in [2.05, 4.69) is 4.98 Å². The van der Waals surface area contributed by atoms with E-state index in [9.17, 15) is 8.78 Å². The minimum absolute atomic E-state index is 0.290. The second-order valence-corrected chi connectivity index (χ2v) is 4.98. The first-order chi connectivity index (χ1) is 9.38. The molecule has 1 aromatic heterocycles. The predicted molar refractivity (Wildman–Crippen MR) is 78.2 cm³/mol. The molecular weight excluding hydrogens is 260 g/mol. The number of rotatable bonds is 3. The molecule has 0 N–H and O–H groups in total. The van der Waals surface area contributed by atoms with Gasteiger partial charge in [-0.1, -0.05) is 0 Å². The lowest BCUT2D eigenvalue weighted by atomic mass is 10.1. The van der Waals surface area contributed by atoms with Crippen molar-refractivity contribution in [3.63, 3.8) is 0 Å². The Hall–Kier alpha value is -2.17. The van der Waals surface area contributed by atoms with Gasteiger partial charge in [-0.3, -0.25) is 0 Å². The summed E-state index contributed by atoms with van der Waals surface area (Å²) in [6.07, 6.45) is 0. The van der Waals surface area contributed by atoms with Crippen molar-refractivity contribution in [3.05, 3.63) is 42.0 Å². The van der Waals surface area contributed by atoms with E-state index in [-0.39, 0.29) is 5.56 Å². The summed E-state index contributed by atoms with van der Waals surface area (Å²) < 4.78 is 26.9. The Morgan fingerprint density at radius 3 is 2.15 bits per heavy atom. The summed E-state index contributed by atoms with van der Waals surface area (Å²) in [6, 6.07) is 7.20. The van der Waals surface area contributed by atoms with Crippen LogP contribution >= 0.6 is 0 Å².